The molecule has 0 aliphatic carbocycles. The molecule has 0 unspecified atom stereocenters. The molecule has 1 aromatic carbocycles. The van der Waals surface area contributed by atoms with Crippen molar-refractivity contribution < 1.29 is 9.53 Å². The van der Waals surface area contributed by atoms with E-state index in [9.17, 15) is 4.79 Å². The van der Waals surface area contributed by atoms with Gasteiger partial charge in [0.1, 0.15) is 5.82 Å². The normalized spacial score (nSPS) is 16.6. The number of carbonyl (C=O) groups is 1. The second-order valence-corrected chi connectivity index (χ2v) is 6.40. The predicted molar refractivity (Wildman–Crippen MR) is 99.7 cm³/mol. The average Bonchev–Trinajstić information content (AvgIpc) is 2.98. The van der Waals surface area contributed by atoms with E-state index >= 15 is 0 Å². The van der Waals surface area contributed by atoms with E-state index < -0.39 is 5.91 Å². The summed E-state index contributed by atoms with van der Waals surface area (Å²) < 4.78 is 7.30. The maximum Gasteiger partial charge on any atom is 0.256 e. The standard InChI is InChI=1S/C20H20N4O2/c1-14-2-4-15(5-3-14)18-13-17-7-6-16(20(21)25)12-19(24(17)22-18)23-8-10-26-11-9-23/h2-5,7,12-13H,8-11H2,1H3,(H2,21,25). The second kappa shape index (κ2) is 6.67. The summed E-state index contributed by atoms with van der Waals surface area (Å²) in [5.74, 6) is 0.313. The van der Waals surface area contributed by atoms with E-state index in [0.717, 1.165) is 35.9 Å². The topological polar surface area (TPSA) is 73.4 Å². The summed E-state index contributed by atoms with van der Waals surface area (Å²) in [7, 11) is 0. The number of benzene rings is 1. The van der Waals surface area contributed by atoms with E-state index in [4.69, 9.17) is 15.6 Å². The predicted octanol–water partition coefficient (Wildman–Crippen LogP) is 2.03. The molecule has 6 heteroatoms. The molecule has 2 aromatic rings. The summed E-state index contributed by atoms with van der Waals surface area (Å²) in [5, 5.41) is 4.79. The highest BCUT2D eigenvalue weighted by molar-refractivity contribution is 5.97. The molecule has 2 aliphatic rings. The molecule has 132 valence electrons. The Hall–Kier alpha value is -3.08. The van der Waals surface area contributed by atoms with E-state index in [0.29, 0.717) is 18.8 Å². The Morgan fingerprint density at radius 2 is 1.96 bits per heavy atom. The van der Waals surface area contributed by atoms with Crippen LogP contribution in [0.4, 0.5) is 0 Å². The van der Waals surface area contributed by atoms with Crippen molar-refractivity contribution in [1.29, 1.82) is 0 Å². The summed E-state index contributed by atoms with van der Waals surface area (Å²) in [6.07, 6.45) is 3.52. The maximum atomic E-state index is 11.7. The van der Waals surface area contributed by atoms with Crippen molar-refractivity contribution in [1.82, 2.24) is 14.7 Å². The van der Waals surface area contributed by atoms with Crippen LogP contribution in [0.5, 0.6) is 0 Å². The number of carbonyl (C=O) groups excluding carboxylic acids is 1. The van der Waals surface area contributed by atoms with Crippen LogP contribution >= 0.6 is 0 Å². The summed E-state index contributed by atoms with van der Waals surface area (Å²) in [4.78, 5) is 13.9. The van der Waals surface area contributed by atoms with Crippen LogP contribution in [-0.2, 0) is 9.53 Å². The van der Waals surface area contributed by atoms with Gasteiger partial charge in [-0.1, -0.05) is 29.8 Å². The van der Waals surface area contributed by atoms with Gasteiger partial charge in [-0.15, -0.1) is 5.73 Å². The van der Waals surface area contributed by atoms with Gasteiger partial charge in [0, 0.05) is 30.8 Å². The number of aromatic nitrogens is 2. The zero-order valence-electron chi connectivity index (χ0n) is 14.6. The highest BCUT2D eigenvalue weighted by atomic mass is 16.5. The molecule has 1 aromatic heterocycles. The van der Waals surface area contributed by atoms with Crippen LogP contribution in [0.1, 0.15) is 11.3 Å². The Bertz CT molecular complexity index is 941. The fourth-order valence-electron chi connectivity index (χ4n) is 3.09. The van der Waals surface area contributed by atoms with Gasteiger partial charge in [-0.3, -0.25) is 4.79 Å². The molecular formula is C20H20N4O2. The lowest BCUT2D eigenvalue weighted by Crippen LogP contribution is -2.37. The third kappa shape index (κ3) is 3.08. The van der Waals surface area contributed by atoms with E-state index in [-0.39, 0.29) is 0 Å². The maximum absolute atomic E-state index is 11.7. The molecule has 26 heavy (non-hydrogen) atoms. The largest absolute Gasteiger partial charge is 0.378 e. The SMILES string of the molecule is Cc1ccc(-c2cc3n(n2)C(N2CCOCC2)=CC(C(N)=O)=C=C3)cc1. The highest BCUT2D eigenvalue weighted by Gasteiger charge is 2.22. The Morgan fingerprint density at radius 1 is 1.23 bits per heavy atom. The van der Waals surface area contributed by atoms with Crippen molar-refractivity contribution in [3.8, 4) is 11.3 Å². The number of nitrogens with two attached hydrogens (primary N) is 1. The number of morpholine rings is 1. The lowest BCUT2D eigenvalue weighted by Gasteiger charge is -2.31. The molecule has 2 N–H and O–H groups in total. The van der Waals surface area contributed by atoms with Gasteiger partial charge in [0.05, 0.1) is 30.2 Å². The van der Waals surface area contributed by atoms with Gasteiger partial charge in [-0.25, -0.2) is 4.68 Å². The molecule has 0 atom stereocenters. The molecule has 2 aliphatic heterocycles. The summed E-state index contributed by atoms with van der Waals surface area (Å²) in [5.41, 5.74) is 12.8. The molecule has 3 heterocycles. The highest BCUT2D eigenvalue weighted by Crippen LogP contribution is 2.26. The molecule has 0 bridgehead atoms. The van der Waals surface area contributed by atoms with Crippen LogP contribution in [-0.4, -0.2) is 46.9 Å². The summed E-state index contributed by atoms with van der Waals surface area (Å²) >= 11 is 0. The lowest BCUT2D eigenvalue weighted by molar-refractivity contribution is -0.114. The smallest absolute Gasteiger partial charge is 0.256 e. The van der Waals surface area contributed by atoms with E-state index in [1.165, 1.54) is 5.56 Å². The number of hydrogen-bond donors (Lipinski definition) is 1. The summed E-state index contributed by atoms with van der Waals surface area (Å²) in [6, 6.07) is 10.3. The number of fused-ring (bicyclic) bond motifs is 1. The quantitative estimate of drug-likeness (QED) is 0.862. The molecular weight excluding hydrogens is 328 g/mol. The van der Waals surface area contributed by atoms with Crippen LogP contribution in [0.15, 0.2) is 47.7 Å². The zero-order chi connectivity index (χ0) is 18.1. The number of rotatable bonds is 3. The number of aryl methyl sites for hydroxylation is 1. The minimum Gasteiger partial charge on any atom is -0.378 e. The van der Waals surface area contributed by atoms with Gasteiger partial charge in [-0.05, 0) is 13.0 Å². The van der Waals surface area contributed by atoms with Crippen LogP contribution < -0.4 is 5.73 Å². The van der Waals surface area contributed by atoms with Gasteiger partial charge in [0.25, 0.3) is 5.91 Å². The Labute approximate surface area is 151 Å². The van der Waals surface area contributed by atoms with Crippen LogP contribution in [0, 0.1) is 6.92 Å². The van der Waals surface area contributed by atoms with E-state index in [1.807, 2.05) is 10.7 Å². The van der Waals surface area contributed by atoms with Crippen molar-refractivity contribution in [2.24, 2.45) is 5.73 Å². The number of ether oxygens (including phenoxy) is 1. The zero-order valence-corrected chi connectivity index (χ0v) is 14.6. The molecule has 0 spiro atoms. The van der Waals surface area contributed by atoms with Crippen molar-refractivity contribution in [2.75, 3.05) is 26.3 Å². The minimum atomic E-state index is -0.503. The molecule has 0 saturated carbocycles. The molecule has 6 nitrogen and oxygen atoms in total. The first-order valence-corrected chi connectivity index (χ1v) is 8.60. The van der Waals surface area contributed by atoms with Crippen molar-refractivity contribution >= 4 is 17.8 Å². The summed E-state index contributed by atoms with van der Waals surface area (Å²) in [6.45, 7) is 4.81. The first-order chi connectivity index (χ1) is 12.6. The minimum absolute atomic E-state index is 0.342. The first kappa shape index (κ1) is 16.4. The van der Waals surface area contributed by atoms with Crippen molar-refractivity contribution in [3.63, 3.8) is 0 Å². The van der Waals surface area contributed by atoms with Crippen LogP contribution in [0.3, 0.4) is 0 Å². The molecule has 1 saturated heterocycles. The van der Waals surface area contributed by atoms with Gasteiger partial charge in [0.15, 0.2) is 0 Å². The third-order valence-electron chi connectivity index (χ3n) is 4.55. The Balaban J connectivity index is 1.81. The lowest BCUT2D eigenvalue weighted by atomic mass is 10.1. The van der Waals surface area contributed by atoms with Crippen LogP contribution in [0.2, 0.25) is 0 Å². The molecule has 1 fully saturated rings. The fourth-order valence-corrected chi connectivity index (χ4v) is 3.09. The number of hydrogen-bond acceptors (Lipinski definition) is 4. The second-order valence-electron chi connectivity index (χ2n) is 6.40. The number of nitrogens with zero attached hydrogens (tertiary/aromatic N) is 3. The molecule has 4 rings (SSSR count). The number of primary amides is 1. The molecule has 0 radical (unpaired) electrons. The van der Waals surface area contributed by atoms with Crippen molar-refractivity contribution in [2.45, 2.75) is 6.92 Å². The van der Waals surface area contributed by atoms with Gasteiger partial charge >= 0.3 is 0 Å². The fraction of sp³-hybridized carbons (Fsp3) is 0.250. The van der Waals surface area contributed by atoms with E-state index in [2.05, 4.69) is 41.8 Å². The van der Waals surface area contributed by atoms with Gasteiger partial charge in [0.2, 0.25) is 0 Å². The first-order valence-electron chi connectivity index (χ1n) is 8.60. The third-order valence-corrected chi connectivity index (χ3v) is 4.55. The average molecular weight is 348 g/mol. The Kier molecular flexibility index (Phi) is 4.21. The van der Waals surface area contributed by atoms with Crippen LogP contribution in [0.25, 0.3) is 23.2 Å². The molecule has 1 amide bonds. The van der Waals surface area contributed by atoms with Gasteiger partial charge < -0.3 is 15.4 Å². The Morgan fingerprint density at radius 3 is 2.65 bits per heavy atom. The van der Waals surface area contributed by atoms with E-state index in [1.54, 1.807) is 12.2 Å². The van der Waals surface area contributed by atoms with Gasteiger partial charge in [-0.2, -0.15) is 5.10 Å². The van der Waals surface area contributed by atoms with Crippen molar-refractivity contribution in [3.05, 3.63) is 59.0 Å². The number of amides is 1. The monoisotopic (exact) mass is 348 g/mol.